The molecule has 2 rings (SSSR count). The van der Waals surface area contributed by atoms with Crippen LogP contribution in [-0.2, 0) is 9.59 Å². The van der Waals surface area contributed by atoms with Crippen LogP contribution in [0.25, 0.3) is 0 Å². The SMILES string of the molecule is Cc1cc(C)c(NC(=O)CN(C)C(=O)CCNC(=O)c2ccc(Br)cc2)c(C)c1. The Morgan fingerprint density at radius 3 is 2.17 bits per heavy atom. The molecule has 0 fully saturated rings. The van der Waals surface area contributed by atoms with Crippen LogP contribution in [0.1, 0.15) is 33.5 Å². The van der Waals surface area contributed by atoms with Gasteiger partial charge in [-0.1, -0.05) is 33.6 Å². The van der Waals surface area contributed by atoms with Crippen molar-refractivity contribution in [1.29, 1.82) is 0 Å². The Bertz CT molecular complexity index is 887. The number of carbonyl (C=O) groups excluding carboxylic acids is 3. The average Bonchev–Trinajstić information content (AvgIpc) is 2.64. The van der Waals surface area contributed by atoms with E-state index in [0.29, 0.717) is 5.56 Å². The lowest BCUT2D eigenvalue weighted by Crippen LogP contribution is -2.37. The van der Waals surface area contributed by atoms with Crippen molar-refractivity contribution in [3.63, 3.8) is 0 Å². The van der Waals surface area contributed by atoms with Crippen LogP contribution >= 0.6 is 15.9 Å². The Balaban J connectivity index is 1.80. The zero-order chi connectivity index (χ0) is 21.6. The minimum Gasteiger partial charge on any atom is -0.352 e. The molecule has 0 unspecified atom stereocenters. The third-order valence-corrected chi connectivity index (χ3v) is 5.01. The van der Waals surface area contributed by atoms with Crippen LogP contribution in [0.4, 0.5) is 5.69 Å². The summed E-state index contributed by atoms with van der Waals surface area (Å²) < 4.78 is 0.889. The molecular formula is C22H26BrN3O3. The fourth-order valence-corrected chi connectivity index (χ4v) is 3.30. The standard InChI is InChI=1S/C22H26BrN3O3/c1-14-11-15(2)21(16(3)12-14)25-19(27)13-26(4)20(28)9-10-24-22(29)17-5-7-18(23)8-6-17/h5-8,11-12H,9-10,13H2,1-4H3,(H,24,29)(H,25,27). The molecule has 0 aliphatic heterocycles. The van der Waals surface area contributed by atoms with Crippen molar-refractivity contribution in [3.8, 4) is 0 Å². The number of carbonyl (C=O) groups is 3. The second-order valence-electron chi connectivity index (χ2n) is 7.08. The van der Waals surface area contributed by atoms with Crippen molar-refractivity contribution < 1.29 is 14.4 Å². The van der Waals surface area contributed by atoms with E-state index in [9.17, 15) is 14.4 Å². The number of hydrogen-bond donors (Lipinski definition) is 2. The zero-order valence-corrected chi connectivity index (χ0v) is 18.7. The predicted octanol–water partition coefficient (Wildman–Crippen LogP) is 3.59. The van der Waals surface area contributed by atoms with Gasteiger partial charge in [0, 0.05) is 35.7 Å². The largest absolute Gasteiger partial charge is 0.352 e. The molecule has 0 saturated carbocycles. The van der Waals surface area contributed by atoms with Crippen molar-refractivity contribution in [3.05, 3.63) is 63.1 Å². The van der Waals surface area contributed by atoms with Crippen LogP contribution in [0, 0.1) is 20.8 Å². The van der Waals surface area contributed by atoms with Crippen LogP contribution in [0.2, 0.25) is 0 Å². The first-order chi connectivity index (χ1) is 13.7. The molecule has 2 aromatic rings. The van der Waals surface area contributed by atoms with Gasteiger partial charge in [-0.2, -0.15) is 0 Å². The van der Waals surface area contributed by atoms with Gasteiger partial charge < -0.3 is 15.5 Å². The number of hydrogen-bond acceptors (Lipinski definition) is 3. The van der Waals surface area contributed by atoms with E-state index < -0.39 is 0 Å². The number of benzene rings is 2. The number of nitrogens with one attached hydrogen (secondary N) is 2. The Kier molecular flexibility index (Phi) is 7.96. The number of halogens is 1. The summed E-state index contributed by atoms with van der Waals surface area (Å²) in [4.78, 5) is 38.0. The molecule has 0 atom stereocenters. The van der Waals surface area contributed by atoms with Gasteiger partial charge in [-0.05, 0) is 56.2 Å². The third-order valence-electron chi connectivity index (χ3n) is 4.48. The quantitative estimate of drug-likeness (QED) is 0.663. The van der Waals surface area contributed by atoms with Crippen LogP contribution in [0.5, 0.6) is 0 Å². The van der Waals surface area contributed by atoms with E-state index in [-0.39, 0.29) is 37.2 Å². The van der Waals surface area contributed by atoms with Gasteiger partial charge >= 0.3 is 0 Å². The van der Waals surface area contributed by atoms with Gasteiger partial charge in [0.2, 0.25) is 11.8 Å². The molecule has 0 spiro atoms. The molecule has 6 nitrogen and oxygen atoms in total. The second kappa shape index (κ2) is 10.2. The monoisotopic (exact) mass is 459 g/mol. The summed E-state index contributed by atoms with van der Waals surface area (Å²) in [5.74, 6) is -0.709. The van der Waals surface area contributed by atoms with Crippen molar-refractivity contribution >= 4 is 39.3 Å². The maximum Gasteiger partial charge on any atom is 0.251 e. The Hall–Kier alpha value is -2.67. The van der Waals surface area contributed by atoms with E-state index in [4.69, 9.17) is 0 Å². The first-order valence-electron chi connectivity index (χ1n) is 9.33. The lowest BCUT2D eigenvalue weighted by atomic mass is 10.1. The molecule has 0 saturated heterocycles. The van der Waals surface area contributed by atoms with E-state index >= 15 is 0 Å². The molecule has 2 aromatic carbocycles. The highest BCUT2D eigenvalue weighted by molar-refractivity contribution is 9.10. The van der Waals surface area contributed by atoms with Crippen LogP contribution in [-0.4, -0.2) is 42.8 Å². The van der Waals surface area contributed by atoms with E-state index in [1.54, 1.807) is 31.3 Å². The molecule has 0 radical (unpaired) electrons. The third kappa shape index (κ3) is 6.71. The minimum absolute atomic E-state index is 0.0494. The van der Waals surface area contributed by atoms with E-state index in [1.165, 1.54) is 4.90 Å². The van der Waals surface area contributed by atoms with Gasteiger partial charge in [0.25, 0.3) is 5.91 Å². The van der Waals surface area contributed by atoms with Crippen molar-refractivity contribution in [2.24, 2.45) is 0 Å². The number of likely N-dealkylation sites (N-methyl/N-ethyl adjacent to an activating group) is 1. The number of rotatable bonds is 7. The first-order valence-corrected chi connectivity index (χ1v) is 10.1. The molecule has 154 valence electrons. The number of nitrogens with zero attached hydrogens (tertiary/aromatic N) is 1. The van der Waals surface area contributed by atoms with Crippen LogP contribution in [0.15, 0.2) is 40.9 Å². The van der Waals surface area contributed by atoms with Gasteiger partial charge in [0.05, 0.1) is 6.54 Å². The zero-order valence-electron chi connectivity index (χ0n) is 17.1. The predicted molar refractivity (Wildman–Crippen MR) is 118 cm³/mol. The van der Waals surface area contributed by atoms with Crippen molar-refractivity contribution in [2.75, 3.05) is 25.5 Å². The average molecular weight is 460 g/mol. The Labute approximate surface area is 179 Å². The fourth-order valence-electron chi connectivity index (χ4n) is 3.04. The molecule has 2 N–H and O–H groups in total. The lowest BCUT2D eigenvalue weighted by molar-refractivity contribution is -0.133. The number of anilines is 1. The highest BCUT2D eigenvalue weighted by Gasteiger charge is 2.15. The van der Waals surface area contributed by atoms with Crippen molar-refractivity contribution in [2.45, 2.75) is 27.2 Å². The normalized spacial score (nSPS) is 10.4. The Morgan fingerprint density at radius 2 is 1.59 bits per heavy atom. The molecule has 3 amide bonds. The molecule has 0 aromatic heterocycles. The smallest absolute Gasteiger partial charge is 0.251 e. The van der Waals surface area contributed by atoms with Gasteiger partial charge in [0.1, 0.15) is 0 Å². The highest BCUT2D eigenvalue weighted by Crippen LogP contribution is 2.21. The van der Waals surface area contributed by atoms with E-state index in [2.05, 4.69) is 26.6 Å². The molecule has 0 aliphatic carbocycles. The molecule has 29 heavy (non-hydrogen) atoms. The van der Waals surface area contributed by atoms with E-state index in [1.807, 2.05) is 32.9 Å². The topological polar surface area (TPSA) is 78.5 Å². The summed E-state index contributed by atoms with van der Waals surface area (Å²) in [6, 6.07) is 11.0. The minimum atomic E-state index is -0.255. The maximum absolute atomic E-state index is 12.3. The van der Waals surface area contributed by atoms with E-state index in [0.717, 1.165) is 26.9 Å². The fraction of sp³-hybridized carbons (Fsp3) is 0.318. The van der Waals surface area contributed by atoms with Gasteiger partial charge in [0.15, 0.2) is 0 Å². The van der Waals surface area contributed by atoms with Gasteiger partial charge in [-0.3, -0.25) is 14.4 Å². The first kappa shape index (κ1) is 22.6. The van der Waals surface area contributed by atoms with Crippen molar-refractivity contribution in [1.82, 2.24) is 10.2 Å². The summed E-state index contributed by atoms with van der Waals surface area (Å²) in [6.07, 6.45) is 0.120. The molecular weight excluding hydrogens is 434 g/mol. The van der Waals surface area contributed by atoms with Crippen LogP contribution in [0.3, 0.4) is 0 Å². The second-order valence-corrected chi connectivity index (χ2v) is 8.00. The summed E-state index contributed by atoms with van der Waals surface area (Å²) >= 11 is 3.32. The Morgan fingerprint density at radius 1 is 1.00 bits per heavy atom. The highest BCUT2D eigenvalue weighted by atomic mass is 79.9. The number of amides is 3. The lowest BCUT2D eigenvalue weighted by Gasteiger charge is -2.18. The molecule has 0 bridgehead atoms. The maximum atomic E-state index is 12.3. The molecule has 0 aliphatic rings. The summed E-state index contributed by atoms with van der Waals surface area (Å²) in [5.41, 5.74) is 4.41. The molecule has 0 heterocycles. The molecule has 7 heteroatoms. The van der Waals surface area contributed by atoms with Gasteiger partial charge in [-0.25, -0.2) is 0 Å². The van der Waals surface area contributed by atoms with Gasteiger partial charge in [-0.15, -0.1) is 0 Å². The summed E-state index contributed by atoms with van der Waals surface area (Å²) in [6.45, 7) is 6.05. The van der Waals surface area contributed by atoms with Crippen LogP contribution < -0.4 is 10.6 Å². The summed E-state index contributed by atoms with van der Waals surface area (Å²) in [7, 11) is 1.58. The number of aryl methyl sites for hydroxylation is 3. The summed E-state index contributed by atoms with van der Waals surface area (Å²) in [5, 5.41) is 5.60.